The lowest BCUT2D eigenvalue weighted by molar-refractivity contribution is -0.129. The molecule has 0 saturated carbocycles. The van der Waals surface area contributed by atoms with Gasteiger partial charge < -0.3 is 39.9 Å². The van der Waals surface area contributed by atoms with Crippen LogP contribution in [0, 0.1) is 0 Å². The fraction of sp³-hybridized carbons (Fsp3) is 0.419. The molecule has 0 unspecified atom stereocenters. The summed E-state index contributed by atoms with van der Waals surface area (Å²) in [7, 11) is 2.55. The molecule has 0 bridgehead atoms. The van der Waals surface area contributed by atoms with Gasteiger partial charge in [0, 0.05) is 37.9 Å². The van der Waals surface area contributed by atoms with Crippen LogP contribution in [0.4, 0.5) is 9.59 Å². The SMILES string of the molecule is CCC.CCC.COC(=O)NCC(=O)N1CCCC1.COC(=O)NCC(=O)N1CCCC1.c1cc2ccc(-c3ccc(-c4ccc5nc[nH]c5c4)cc3)cc2[nH]1. The van der Waals surface area contributed by atoms with E-state index in [1.54, 1.807) is 16.1 Å². The zero-order valence-corrected chi connectivity index (χ0v) is 33.8. The summed E-state index contributed by atoms with van der Waals surface area (Å²) >= 11 is 0. The third-order valence-corrected chi connectivity index (χ3v) is 8.58. The number of nitrogens with zero attached hydrogens (tertiary/aromatic N) is 3. The Labute approximate surface area is 330 Å². The standard InChI is InChI=1S/C21H15N3.2C8H14N2O3.2C3H8/c1-3-15(18-7-8-19-21(12-18)24-13-23-19)4-2-14(1)17-6-5-16-9-10-22-20(16)11-17;2*1-13-8(12)9-6-7(11)10-4-2-3-5-10;2*1-3-2/h1-13,22H,(H,23,24);2*2-6H2,1H3,(H,9,12);2*3H2,1-2H3. The number of H-pyrrole nitrogens is 2. The number of amides is 4. The molecule has 2 aromatic heterocycles. The first kappa shape index (κ1) is 44.5. The van der Waals surface area contributed by atoms with Crippen LogP contribution in [0.25, 0.3) is 44.2 Å². The summed E-state index contributed by atoms with van der Waals surface area (Å²) in [5.41, 5.74) is 8.07. The van der Waals surface area contributed by atoms with Crippen molar-refractivity contribution < 1.29 is 28.7 Å². The van der Waals surface area contributed by atoms with Gasteiger partial charge in [-0.3, -0.25) is 9.59 Å². The van der Waals surface area contributed by atoms with Gasteiger partial charge >= 0.3 is 12.2 Å². The summed E-state index contributed by atoms with van der Waals surface area (Å²) < 4.78 is 8.68. The van der Waals surface area contributed by atoms with Crippen LogP contribution in [0.1, 0.15) is 66.2 Å². The molecule has 0 radical (unpaired) electrons. The molecule has 4 heterocycles. The predicted octanol–water partition coefficient (Wildman–Crippen LogP) is 8.14. The van der Waals surface area contributed by atoms with Crippen LogP contribution in [0.2, 0.25) is 0 Å². The summed E-state index contributed by atoms with van der Waals surface area (Å²) in [6.45, 7) is 11.8. The molecule has 4 amide bonds. The Morgan fingerprint density at radius 2 is 1.04 bits per heavy atom. The van der Waals surface area contributed by atoms with Gasteiger partial charge in [-0.05, 0) is 77.6 Å². The lowest BCUT2D eigenvalue weighted by Crippen LogP contribution is -2.38. The zero-order valence-electron chi connectivity index (χ0n) is 33.8. The maximum atomic E-state index is 11.3. The number of hydrogen-bond acceptors (Lipinski definition) is 7. The van der Waals surface area contributed by atoms with Gasteiger partial charge in [-0.1, -0.05) is 83.0 Å². The molecule has 2 aliphatic rings. The van der Waals surface area contributed by atoms with Crippen molar-refractivity contribution in [2.75, 3.05) is 53.5 Å². The Bertz CT molecular complexity index is 1790. The number of aromatic nitrogens is 3. The molecule has 56 heavy (non-hydrogen) atoms. The minimum atomic E-state index is -0.562. The zero-order chi connectivity index (χ0) is 40.7. The first-order valence-corrected chi connectivity index (χ1v) is 19.5. The minimum absolute atomic E-state index is 0.0344. The van der Waals surface area contributed by atoms with Gasteiger partial charge in [-0.15, -0.1) is 0 Å². The van der Waals surface area contributed by atoms with E-state index in [1.807, 2.05) is 12.3 Å². The molecule has 7 rings (SSSR count). The molecule has 2 saturated heterocycles. The number of hydrogen-bond donors (Lipinski definition) is 4. The van der Waals surface area contributed by atoms with Gasteiger partial charge in [-0.2, -0.15) is 0 Å². The van der Waals surface area contributed by atoms with Gasteiger partial charge in [0.25, 0.3) is 0 Å². The smallest absolute Gasteiger partial charge is 0.407 e. The number of rotatable bonds is 6. The lowest BCUT2D eigenvalue weighted by atomic mass is 9.99. The number of carbonyl (C=O) groups excluding carboxylic acids is 4. The third kappa shape index (κ3) is 14.4. The lowest BCUT2D eigenvalue weighted by Gasteiger charge is -2.14. The quantitative estimate of drug-likeness (QED) is 0.136. The highest BCUT2D eigenvalue weighted by Crippen LogP contribution is 2.28. The van der Waals surface area contributed by atoms with Crippen LogP contribution in [0.5, 0.6) is 0 Å². The number of methoxy groups -OCH3 is 2. The van der Waals surface area contributed by atoms with Gasteiger partial charge in [0.1, 0.15) is 13.1 Å². The maximum Gasteiger partial charge on any atom is 0.407 e. The van der Waals surface area contributed by atoms with E-state index in [0.29, 0.717) is 0 Å². The molecule has 0 aliphatic carbocycles. The maximum absolute atomic E-state index is 11.3. The number of carbonyl (C=O) groups is 4. The second-order valence-corrected chi connectivity index (χ2v) is 13.3. The molecule has 13 heteroatoms. The van der Waals surface area contributed by atoms with Crippen molar-refractivity contribution in [3.8, 4) is 22.3 Å². The number of aromatic amines is 2. The summed E-state index contributed by atoms with van der Waals surface area (Å²) in [5.74, 6) is -0.0780. The molecule has 2 aliphatic heterocycles. The van der Waals surface area contributed by atoms with Gasteiger partial charge in [0.05, 0.1) is 31.6 Å². The van der Waals surface area contributed by atoms with Crippen LogP contribution in [0.3, 0.4) is 0 Å². The average molecular weight is 770 g/mol. The van der Waals surface area contributed by atoms with Gasteiger partial charge in [0.2, 0.25) is 11.8 Å². The van der Waals surface area contributed by atoms with Crippen molar-refractivity contribution in [2.24, 2.45) is 0 Å². The van der Waals surface area contributed by atoms with E-state index in [1.165, 1.54) is 60.2 Å². The van der Waals surface area contributed by atoms with Crippen LogP contribution in [-0.4, -0.2) is 102 Å². The van der Waals surface area contributed by atoms with Crippen molar-refractivity contribution >= 4 is 45.9 Å². The molecule has 0 spiro atoms. The highest BCUT2D eigenvalue weighted by molar-refractivity contribution is 5.86. The van der Waals surface area contributed by atoms with Gasteiger partial charge in [0.15, 0.2) is 0 Å². The summed E-state index contributed by atoms with van der Waals surface area (Å²) in [5, 5.41) is 5.95. The second kappa shape index (κ2) is 24.5. The Hall–Kier alpha value is -5.85. The minimum Gasteiger partial charge on any atom is -0.453 e. The Morgan fingerprint density at radius 1 is 0.607 bits per heavy atom. The fourth-order valence-electron chi connectivity index (χ4n) is 5.79. The number of alkyl carbamates (subject to hydrolysis) is 2. The number of ether oxygens (including phenoxy) is 2. The van der Waals surface area contributed by atoms with Crippen molar-refractivity contribution in [2.45, 2.75) is 66.2 Å². The van der Waals surface area contributed by atoms with E-state index in [-0.39, 0.29) is 24.9 Å². The fourth-order valence-corrected chi connectivity index (χ4v) is 5.79. The summed E-state index contributed by atoms with van der Waals surface area (Å²) in [6.07, 6.45) is 9.32. The van der Waals surface area contributed by atoms with Crippen molar-refractivity contribution in [3.63, 3.8) is 0 Å². The molecule has 302 valence electrons. The first-order valence-electron chi connectivity index (χ1n) is 19.5. The molecule has 5 aromatic rings. The number of imidazole rings is 1. The predicted molar refractivity (Wildman–Crippen MR) is 223 cm³/mol. The number of fused-ring (bicyclic) bond motifs is 2. The average Bonchev–Trinajstić information content (AvgIpc) is 4.07. The Morgan fingerprint density at radius 3 is 1.50 bits per heavy atom. The van der Waals surface area contributed by atoms with Crippen LogP contribution in [0.15, 0.2) is 79.3 Å². The van der Waals surface area contributed by atoms with E-state index in [4.69, 9.17) is 0 Å². The summed E-state index contributed by atoms with van der Waals surface area (Å²) in [6, 6.07) is 23.6. The first-order chi connectivity index (χ1) is 27.2. The summed E-state index contributed by atoms with van der Waals surface area (Å²) in [4.78, 5) is 58.1. The molecule has 2 fully saturated rings. The molecule has 0 atom stereocenters. The molecule has 3 aromatic carbocycles. The van der Waals surface area contributed by atoms with Crippen LogP contribution in [-0.2, 0) is 19.1 Å². The van der Waals surface area contributed by atoms with E-state index in [0.717, 1.165) is 62.9 Å². The number of benzene rings is 3. The topological polar surface area (TPSA) is 162 Å². The monoisotopic (exact) mass is 769 g/mol. The normalized spacial score (nSPS) is 12.8. The molecule has 4 N–H and O–H groups in total. The van der Waals surface area contributed by atoms with E-state index in [2.05, 4.69) is 123 Å². The molecule has 13 nitrogen and oxygen atoms in total. The molecular formula is C43H59N7O6. The van der Waals surface area contributed by atoms with Crippen molar-refractivity contribution in [1.82, 2.24) is 35.4 Å². The highest BCUT2D eigenvalue weighted by Gasteiger charge is 2.19. The van der Waals surface area contributed by atoms with Crippen molar-refractivity contribution in [3.05, 3.63) is 79.3 Å². The van der Waals surface area contributed by atoms with E-state index < -0.39 is 12.2 Å². The van der Waals surface area contributed by atoms with Crippen LogP contribution < -0.4 is 10.6 Å². The van der Waals surface area contributed by atoms with Crippen LogP contribution >= 0.6 is 0 Å². The largest absolute Gasteiger partial charge is 0.453 e. The Kier molecular flexibility index (Phi) is 19.5. The Balaban J connectivity index is 0.000000225. The third-order valence-electron chi connectivity index (χ3n) is 8.58. The van der Waals surface area contributed by atoms with E-state index in [9.17, 15) is 19.2 Å². The highest BCUT2D eigenvalue weighted by atomic mass is 16.5. The van der Waals surface area contributed by atoms with E-state index >= 15 is 0 Å². The number of likely N-dealkylation sites (tertiary alicyclic amines) is 2. The van der Waals surface area contributed by atoms with Crippen molar-refractivity contribution in [1.29, 1.82) is 0 Å². The number of nitrogens with one attached hydrogen (secondary N) is 4. The van der Waals surface area contributed by atoms with Gasteiger partial charge in [-0.25, -0.2) is 14.6 Å². The molecular weight excluding hydrogens is 711 g/mol. The second-order valence-electron chi connectivity index (χ2n) is 13.3.